The molecule has 0 bridgehead atoms. The fourth-order valence-corrected chi connectivity index (χ4v) is 0. The van der Waals surface area contributed by atoms with Gasteiger partial charge in [0.25, 0.3) is 0 Å². The third kappa shape index (κ3) is 9990. The smallest absolute Gasteiger partial charge is 0.116 e. The Balaban J connectivity index is -0.0000000215. The van der Waals surface area contributed by atoms with Gasteiger partial charge in [-0.05, 0) is 56.0 Å². The van der Waals surface area contributed by atoms with Crippen molar-refractivity contribution < 1.29 is 15.0 Å². The van der Waals surface area contributed by atoms with Gasteiger partial charge in [0.05, 0.1) is 0 Å². The first kappa shape index (κ1) is 36.0. The zero-order valence-corrected chi connectivity index (χ0v) is 12.9. The summed E-state index contributed by atoms with van der Waals surface area (Å²) in [5, 5.41) is 20.6. The predicted octanol–water partition coefficient (Wildman–Crippen LogP) is -0.551. The van der Waals surface area contributed by atoms with E-state index >= 15 is 0 Å². The molecule has 17 heavy (non-hydrogen) atoms. The minimum absolute atomic E-state index is 0.250. The highest BCUT2D eigenvalue weighted by Crippen LogP contribution is 1.30. The van der Waals surface area contributed by atoms with E-state index in [9.17, 15) is 0 Å². The lowest BCUT2D eigenvalue weighted by atomic mass is 10.9. The second kappa shape index (κ2) is 162. The van der Waals surface area contributed by atoms with Crippen LogP contribution in [0.1, 0.15) is 20.8 Å². The van der Waals surface area contributed by atoms with Gasteiger partial charge in [0.2, 0.25) is 0 Å². The van der Waals surface area contributed by atoms with Crippen LogP contribution in [0.15, 0.2) is 0 Å². The highest BCUT2D eigenvalue weighted by atomic mass is 16.3. The molecule has 0 spiro atoms. The summed E-state index contributed by atoms with van der Waals surface area (Å²) < 4.78 is 0. The fourth-order valence-electron chi connectivity index (χ4n) is 0. The molecule has 0 rings (SSSR count). The number of hydrogen-bond acceptors (Lipinski definition) is 6. The molecule has 0 heterocycles. The van der Waals surface area contributed by atoms with Gasteiger partial charge in [0.1, 0.15) is 6.29 Å². The maximum atomic E-state index is 8.81. The molecule has 112 valence electrons. The van der Waals surface area contributed by atoms with E-state index in [1.807, 2.05) is 28.2 Å². The highest BCUT2D eigenvalue weighted by molar-refractivity contribution is 5.44. The monoisotopic (exact) mass is 257 g/mol. The molecule has 0 saturated carbocycles. The summed E-state index contributed by atoms with van der Waals surface area (Å²) in [5.74, 6) is 0. The van der Waals surface area contributed by atoms with Crippen LogP contribution in [0.25, 0.3) is 0 Å². The lowest BCUT2D eigenvalue weighted by Gasteiger charge is -1.59. The molecule has 0 atom stereocenters. The summed E-state index contributed by atoms with van der Waals surface area (Å²) in [5.41, 5.74) is 4.50. The molecular formula is C11H35N3O3. The van der Waals surface area contributed by atoms with Crippen LogP contribution in [0.5, 0.6) is 0 Å². The van der Waals surface area contributed by atoms with E-state index in [-0.39, 0.29) is 13.2 Å². The maximum absolute atomic E-state index is 8.81. The summed E-state index contributed by atoms with van der Waals surface area (Å²) in [4.78, 5) is 8.81. The van der Waals surface area contributed by atoms with E-state index in [0.29, 0.717) is 0 Å². The largest absolute Gasteiger partial charge is 0.397 e. The number of carbonyl (C=O) groups excluding carboxylic acids is 1. The summed E-state index contributed by atoms with van der Waals surface area (Å²) in [7, 11) is 9.00. The first-order valence-electron chi connectivity index (χ1n) is 5.44. The summed E-state index contributed by atoms with van der Waals surface area (Å²) in [6.07, 6.45) is 0.750. The standard InChI is InChI=1S/2C2H7N.2C2H6O.C2H4O.CH5N/c2*1-3-2;3*1-2-3;1-2/h2*3H,1-2H3;2*3H,2H2,1H3;2H,1H3;2H2,1H3. The molecular weight excluding hydrogens is 222 g/mol. The van der Waals surface area contributed by atoms with Crippen molar-refractivity contribution in [2.24, 2.45) is 5.73 Å². The summed E-state index contributed by atoms with van der Waals surface area (Å²) in [6.45, 7) is 5.31. The van der Waals surface area contributed by atoms with Crippen LogP contribution in [0.3, 0.4) is 0 Å². The van der Waals surface area contributed by atoms with Gasteiger partial charge in [-0.2, -0.15) is 0 Å². The minimum atomic E-state index is 0.250. The maximum Gasteiger partial charge on any atom is 0.116 e. The fraction of sp³-hybridized carbons (Fsp3) is 0.909. The molecule has 0 aliphatic rings. The Labute approximate surface area is 108 Å². The molecule has 0 aromatic heterocycles. The van der Waals surface area contributed by atoms with Crippen molar-refractivity contribution in [1.82, 2.24) is 10.6 Å². The third-order valence-corrected chi connectivity index (χ3v) is 0. The molecule has 6 nitrogen and oxygen atoms in total. The van der Waals surface area contributed by atoms with E-state index in [2.05, 4.69) is 16.4 Å². The number of aliphatic hydroxyl groups excluding tert-OH is 2. The second-order valence-corrected chi connectivity index (χ2v) is 1.87. The summed E-state index contributed by atoms with van der Waals surface area (Å²) in [6, 6.07) is 0. The van der Waals surface area contributed by atoms with Crippen molar-refractivity contribution in [3.8, 4) is 0 Å². The van der Waals surface area contributed by atoms with Gasteiger partial charge in [-0.1, -0.05) is 0 Å². The molecule has 0 amide bonds. The SMILES string of the molecule is CC=O.CCO.CCO.CN.CNC.CNC. The molecule has 6 heteroatoms. The molecule has 0 aliphatic carbocycles. The van der Waals surface area contributed by atoms with Crippen LogP contribution < -0.4 is 16.4 Å². The number of nitrogens with two attached hydrogens (primary N) is 1. The van der Waals surface area contributed by atoms with Gasteiger partial charge < -0.3 is 31.4 Å². The van der Waals surface area contributed by atoms with Crippen LogP contribution in [0.2, 0.25) is 0 Å². The molecule has 0 unspecified atom stereocenters. The molecule has 0 radical (unpaired) electrons. The van der Waals surface area contributed by atoms with Crippen LogP contribution in [-0.4, -0.2) is 65.0 Å². The van der Waals surface area contributed by atoms with Gasteiger partial charge in [-0.15, -0.1) is 0 Å². The highest BCUT2D eigenvalue weighted by Gasteiger charge is 1.34. The van der Waals surface area contributed by atoms with E-state index in [4.69, 9.17) is 15.0 Å². The van der Waals surface area contributed by atoms with Gasteiger partial charge in [-0.3, -0.25) is 0 Å². The Morgan fingerprint density at radius 3 is 0.941 bits per heavy atom. The van der Waals surface area contributed by atoms with Gasteiger partial charge >= 0.3 is 0 Å². The quantitative estimate of drug-likeness (QED) is 0.373. The molecule has 0 aromatic rings. The molecule has 0 aromatic carbocycles. The van der Waals surface area contributed by atoms with E-state index < -0.39 is 0 Å². The molecule has 0 aliphatic heterocycles. The summed E-state index contributed by atoms with van der Waals surface area (Å²) >= 11 is 0. The number of aldehydes is 1. The number of aliphatic hydroxyl groups is 2. The molecule has 6 N–H and O–H groups in total. The lowest BCUT2D eigenvalue weighted by Crippen LogP contribution is -1.89. The Morgan fingerprint density at radius 2 is 0.941 bits per heavy atom. The lowest BCUT2D eigenvalue weighted by molar-refractivity contribution is -0.106. The van der Waals surface area contributed by atoms with Gasteiger partial charge in [0.15, 0.2) is 0 Å². The number of carbonyl (C=O) groups is 1. The average molecular weight is 257 g/mol. The first-order chi connectivity index (χ1) is 8.07. The number of rotatable bonds is 0. The topological polar surface area (TPSA) is 108 Å². The first-order valence-corrected chi connectivity index (χ1v) is 5.44. The van der Waals surface area contributed by atoms with Gasteiger partial charge in [0, 0.05) is 13.2 Å². The van der Waals surface area contributed by atoms with Crippen molar-refractivity contribution in [2.75, 3.05) is 48.5 Å². The Kier molecular flexibility index (Phi) is 343. The number of hydrogen-bond donors (Lipinski definition) is 5. The Hall–Kier alpha value is -0.530. The van der Waals surface area contributed by atoms with Crippen LogP contribution in [0.4, 0.5) is 0 Å². The van der Waals surface area contributed by atoms with Crippen LogP contribution in [-0.2, 0) is 4.79 Å². The van der Waals surface area contributed by atoms with E-state index in [0.717, 1.165) is 6.29 Å². The van der Waals surface area contributed by atoms with Crippen molar-refractivity contribution in [2.45, 2.75) is 20.8 Å². The van der Waals surface area contributed by atoms with Crippen LogP contribution >= 0.6 is 0 Å². The normalized spacial score (nSPS) is 5.35. The number of nitrogens with one attached hydrogen (secondary N) is 2. The average Bonchev–Trinajstić information content (AvgIpc) is 2.25. The van der Waals surface area contributed by atoms with Gasteiger partial charge in [-0.25, -0.2) is 0 Å². The van der Waals surface area contributed by atoms with E-state index in [1.165, 1.54) is 14.0 Å². The zero-order chi connectivity index (χ0) is 15.5. The molecule has 0 saturated heterocycles. The van der Waals surface area contributed by atoms with Crippen LogP contribution in [0, 0.1) is 0 Å². The second-order valence-electron chi connectivity index (χ2n) is 1.87. The van der Waals surface area contributed by atoms with Crippen molar-refractivity contribution in [3.63, 3.8) is 0 Å². The molecule has 0 fully saturated rings. The minimum Gasteiger partial charge on any atom is -0.397 e. The predicted molar refractivity (Wildman–Crippen MR) is 77.3 cm³/mol. The van der Waals surface area contributed by atoms with Crippen molar-refractivity contribution >= 4 is 6.29 Å². The Morgan fingerprint density at radius 1 is 0.941 bits per heavy atom. The Bertz CT molecular complexity index is 51.2. The zero-order valence-electron chi connectivity index (χ0n) is 12.9. The van der Waals surface area contributed by atoms with Crippen molar-refractivity contribution in [1.29, 1.82) is 0 Å². The third-order valence-electron chi connectivity index (χ3n) is 0. The van der Waals surface area contributed by atoms with Crippen molar-refractivity contribution in [3.05, 3.63) is 0 Å². The van der Waals surface area contributed by atoms with E-state index in [1.54, 1.807) is 13.8 Å².